The van der Waals surface area contributed by atoms with Gasteiger partial charge in [-0.15, -0.1) is 6.58 Å². The molecule has 0 unspecified atom stereocenters. The zero-order valence-corrected chi connectivity index (χ0v) is 22.9. The lowest BCUT2D eigenvalue weighted by molar-refractivity contribution is -0.350. The molecule has 2 aliphatic heterocycles. The monoisotopic (exact) mass is 587 g/mol. The molecule has 10 atom stereocenters. The lowest BCUT2D eigenvalue weighted by Crippen LogP contribution is -2.64. The van der Waals surface area contributed by atoms with Gasteiger partial charge < -0.3 is 48.8 Å². The minimum absolute atomic E-state index is 0.0287. The molecule has 0 radical (unpaired) electrons. The second-order valence-electron chi connectivity index (χ2n) is 9.92. The molecule has 13 heteroatoms. The third-order valence-corrected chi connectivity index (χ3v) is 7.00. The smallest absolute Gasteiger partial charge is 0.187 e. The third-order valence-electron chi connectivity index (χ3n) is 7.00. The zero-order valence-electron chi connectivity index (χ0n) is 22.9. The van der Waals surface area contributed by atoms with Crippen molar-refractivity contribution in [3.63, 3.8) is 0 Å². The van der Waals surface area contributed by atoms with Gasteiger partial charge in [0, 0.05) is 4.91 Å². The molecule has 2 aromatic rings. The number of aliphatic hydroxyl groups is 4. The van der Waals surface area contributed by atoms with Crippen molar-refractivity contribution in [2.45, 2.75) is 74.6 Å². The Bertz CT molecular complexity index is 1140. The number of azide groups is 1. The molecule has 2 saturated heterocycles. The molecule has 0 saturated carbocycles. The minimum atomic E-state index is -1.68. The molecule has 0 aromatic heterocycles. The second kappa shape index (κ2) is 16.1. The number of aliphatic hydroxyl groups excluding tert-OH is 4. The van der Waals surface area contributed by atoms with E-state index < -0.39 is 68.0 Å². The number of hydrogen-bond acceptors (Lipinski definition) is 11. The lowest BCUT2D eigenvalue weighted by Gasteiger charge is -2.47. The van der Waals surface area contributed by atoms with E-state index in [4.69, 9.17) is 28.4 Å². The van der Waals surface area contributed by atoms with Gasteiger partial charge in [-0.1, -0.05) is 71.9 Å². The van der Waals surface area contributed by atoms with Gasteiger partial charge in [0.25, 0.3) is 0 Å². The highest BCUT2D eigenvalue weighted by molar-refractivity contribution is 5.14. The summed E-state index contributed by atoms with van der Waals surface area (Å²) in [7, 11) is 0. The Balaban J connectivity index is 1.64. The van der Waals surface area contributed by atoms with Crippen molar-refractivity contribution < 1.29 is 48.8 Å². The van der Waals surface area contributed by atoms with E-state index in [2.05, 4.69) is 16.6 Å². The van der Waals surface area contributed by atoms with Crippen molar-refractivity contribution in [2.24, 2.45) is 5.11 Å². The number of benzene rings is 2. The summed E-state index contributed by atoms with van der Waals surface area (Å²) in [6.45, 7) is 3.44. The standard InChI is InChI=1S/C29H37N3O10/c1-2-13-38-28-22(31-32-30)27(39-16-19-11-7-4-8-12-19)26(21(41-28)17-37-15-18-9-5-3-6-10-18)42-29-25(36)24(35)23(34)20(14-33)40-29/h2-12,20-29,33-36H,1,13-17H2/t20-,21-,22-,23-,24+,25-,26-,27-,28+,29+/m1/s1. The van der Waals surface area contributed by atoms with Crippen LogP contribution < -0.4 is 0 Å². The Labute approximate surface area is 243 Å². The van der Waals surface area contributed by atoms with Crippen molar-refractivity contribution in [1.29, 1.82) is 0 Å². The summed E-state index contributed by atoms with van der Waals surface area (Å²) in [6.07, 6.45) is -10.2. The van der Waals surface area contributed by atoms with Crippen molar-refractivity contribution in [3.05, 3.63) is 94.9 Å². The molecule has 4 rings (SSSR count). The lowest BCUT2D eigenvalue weighted by atomic mass is 9.95. The molecular weight excluding hydrogens is 550 g/mol. The number of ether oxygens (including phenoxy) is 6. The molecule has 0 amide bonds. The van der Waals surface area contributed by atoms with E-state index in [1.807, 2.05) is 60.7 Å². The van der Waals surface area contributed by atoms with Crippen LogP contribution in [0.15, 0.2) is 78.4 Å². The van der Waals surface area contributed by atoms with Crippen LogP contribution in [0, 0.1) is 0 Å². The van der Waals surface area contributed by atoms with Gasteiger partial charge in [-0.05, 0) is 16.7 Å². The van der Waals surface area contributed by atoms with E-state index >= 15 is 0 Å². The largest absolute Gasteiger partial charge is 0.394 e. The molecule has 228 valence electrons. The minimum Gasteiger partial charge on any atom is -0.394 e. The van der Waals surface area contributed by atoms with Gasteiger partial charge in [0.2, 0.25) is 0 Å². The molecule has 2 aliphatic rings. The number of hydrogen-bond donors (Lipinski definition) is 4. The summed E-state index contributed by atoms with van der Waals surface area (Å²) in [5.74, 6) is 0. The topological polar surface area (TPSA) is 185 Å². The van der Waals surface area contributed by atoms with Crippen LogP contribution >= 0.6 is 0 Å². The molecule has 4 N–H and O–H groups in total. The van der Waals surface area contributed by atoms with E-state index in [1.165, 1.54) is 6.08 Å². The maximum absolute atomic E-state index is 10.7. The quantitative estimate of drug-likeness (QED) is 0.109. The first-order valence-electron chi connectivity index (χ1n) is 13.6. The van der Waals surface area contributed by atoms with Crippen LogP contribution in [-0.2, 0) is 41.6 Å². The Morgan fingerprint density at radius 2 is 1.48 bits per heavy atom. The van der Waals surface area contributed by atoms with E-state index in [-0.39, 0.29) is 26.4 Å². The fraction of sp³-hybridized carbons (Fsp3) is 0.517. The van der Waals surface area contributed by atoms with Crippen LogP contribution in [0.1, 0.15) is 11.1 Å². The fourth-order valence-corrected chi connectivity index (χ4v) is 4.83. The van der Waals surface area contributed by atoms with Crippen molar-refractivity contribution in [2.75, 3.05) is 19.8 Å². The molecule has 2 aromatic carbocycles. The molecular formula is C29H37N3O10. The SMILES string of the molecule is C=CCO[C@H]1O[C@H](COCc2ccccc2)[C@@H](O[C@@H]2O[C@H](CO)[C@@H](O)[C@H](O)[C@H]2O)[C@H](OCc2ccccc2)[C@H]1N=[N+]=[N-]. The average molecular weight is 588 g/mol. The van der Waals surface area contributed by atoms with Crippen molar-refractivity contribution in [3.8, 4) is 0 Å². The van der Waals surface area contributed by atoms with Gasteiger partial charge >= 0.3 is 0 Å². The van der Waals surface area contributed by atoms with Crippen LogP contribution in [0.4, 0.5) is 0 Å². The Morgan fingerprint density at radius 1 is 0.833 bits per heavy atom. The molecule has 13 nitrogen and oxygen atoms in total. The summed E-state index contributed by atoms with van der Waals surface area (Å²) < 4.78 is 36.1. The highest BCUT2D eigenvalue weighted by atomic mass is 16.7. The third kappa shape index (κ3) is 8.13. The first kappa shape index (κ1) is 32.0. The second-order valence-corrected chi connectivity index (χ2v) is 9.92. The van der Waals surface area contributed by atoms with E-state index in [0.29, 0.717) is 0 Å². The summed E-state index contributed by atoms with van der Waals surface area (Å²) >= 11 is 0. The van der Waals surface area contributed by atoms with E-state index in [9.17, 15) is 26.0 Å². The van der Waals surface area contributed by atoms with E-state index in [1.54, 1.807) is 0 Å². The summed E-state index contributed by atoms with van der Waals surface area (Å²) in [5, 5.41) is 44.9. The zero-order chi connectivity index (χ0) is 29.9. The van der Waals surface area contributed by atoms with E-state index in [0.717, 1.165) is 11.1 Å². The van der Waals surface area contributed by atoms with Crippen LogP contribution in [0.3, 0.4) is 0 Å². The number of nitrogens with zero attached hydrogens (tertiary/aromatic N) is 3. The predicted octanol–water partition coefficient (Wildman–Crippen LogP) is 1.58. The normalized spacial score (nSPS) is 33.0. The average Bonchev–Trinajstić information content (AvgIpc) is 3.02. The van der Waals surface area contributed by atoms with Gasteiger partial charge in [-0.25, -0.2) is 0 Å². The molecule has 0 spiro atoms. The number of rotatable bonds is 14. The highest BCUT2D eigenvalue weighted by Gasteiger charge is 2.52. The molecule has 0 bridgehead atoms. The Morgan fingerprint density at radius 3 is 2.10 bits per heavy atom. The molecule has 2 fully saturated rings. The van der Waals surface area contributed by atoms with Gasteiger partial charge in [0.05, 0.1) is 33.0 Å². The van der Waals surface area contributed by atoms with Crippen LogP contribution in [0.25, 0.3) is 10.4 Å². The van der Waals surface area contributed by atoms with Gasteiger partial charge in [-0.2, -0.15) is 0 Å². The van der Waals surface area contributed by atoms with Gasteiger partial charge in [0.1, 0.15) is 48.8 Å². The molecule has 42 heavy (non-hydrogen) atoms. The molecule has 2 heterocycles. The highest BCUT2D eigenvalue weighted by Crippen LogP contribution is 2.33. The van der Waals surface area contributed by atoms with Gasteiger partial charge in [0.15, 0.2) is 12.6 Å². The summed E-state index contributed by atoms with van der Waals surface area (Å²) in [6, 6.07) is 17.7. The Hall–Kier alpha value is -2.91. The van der Waals surface area contributed by atoms with Crippen molar-refractivity contribution in [1.82, 2.24) is 0 Å². The maximum atomic E-state index is 10.7. The first-order valence-corrected chi connectivity index (χ1v) is 13.6. The Kier molecular flexibility index (Phi) is 12.3. The summed E-state index contributed by atoms with van der Waals surface area (Å²) in [5.41, 5.74) is 11.2. The fourth-order valence-electron chi connectivity index (χ4n) is 4.83. The van der Waals surface area contributed by atoms with Gasteiger partial charge in [-0.3, -0.25) is 0 Å². The first-order chi connectivity index (χ1) is 20.5. The van der Waals surface area contributed by atoms with Crippen LogP contribution in [0.5, 0.6) is 0 Å². The predicted molar refractivity (Wildman–Crippen MR) is 148 cm³/mol. The van der Waals surface area contributed by atoms with Crippen LogP contribution in [-0.4, -0.2) is 102 Å². The van der Waals surface area contributed by atoms with Crippen molar-refractivity contribution >= 4 is 0 Å². The summed E-state index contributed by atoms with van der Waals surface area (Å²) in [4.78, 5) is 2.98. The molecule has 0 aliphatic carbocycles. The maximum Gasteiger partial charge on any atom is 0.187 e. The van der Waals surface area contributed by atoms with Crippen LogP contribution in [0.2, 0.25) is 0 Å².